The lowest BCUT2D eigenvalue weighted by atomic mass is 9.83. The van der Waals surface area contributed by atoms with Crippen LogP contribution in [-0.2, 0) is 30.0 Å². The fourth-order valence-corrected chi connectivity index (χ4v) is 12.6. The SMILES string of the molecule is OP(O)OP(O)O.SCCCCCCCCCCCCc1c(CCCCCCCCCCCCS)c(CCCCCCCCCCCCS)c2c(CCCCCCCCCCCCS)ccc(S)c2c1S. The Morgan fingerprint density at radius 1 is 0.296 bits per heavy atom. The molecular weight excluding hydrogens is 1030 g/mol. The molecule has 0 amide bonds. The molecular formula is C58H108O5P2S6. The highest BCUT2D eigenvalue weighted by atomic mass is 32.1. The lowest BCUT2D eigenvalue weighted by Crippen LogP contribution is -2.07. The molecule has 0 saturated carbocycles. The van der Waals surface area contributed by atoms with E-state index in [-0.39, 0.29) is 0 Å². The van der Waals surface area contributed by atoms with Crippen molar-refractivity contribution < 1.29 is 23.9 Å². The number of unbranched alkanes of at least 4 members (excludes halogenated alkanes) is 36. The molecule has 0 aromatic heterocycles. The van der Waals surface area contributed by atoms with E-state index in [9.17, 15) is 0 Å². The molecule has 0 spiro atoms. The Balaban J connectivity index is 0.00000333. The zero-order valence-corrected chi connectivity index (χ0v) is 52.0. The van der Waals surface area contributed by atoms with E-state index in [0.29, 0.717) is 0 Å². The predicted molar refractivity (Wildman–Crippen MR) is 337 cm³/mol. The highest BCUT2D eigenvalue weighted by Crippen LogP contribution is 2.43. The molecule has 0 heterocycles. The summed E-state index contributed by atoms with van der Waals surface area (Å²) < 4.78 is 3.60. The van der Waals surface area contributed by atoms with Crippen molar-refractivity contribution in [3.8, 4) is 0 Å². The highest BCUT2D eigenvalue weighted by Gasteiger charge is 2.21. The molecule has 4 N–H and O–H groups in total. The monoisotopic (exact) mass is 1140 g/mol. The van der Waals surface area contributed by atoms with Crippen molar-refractivity contribution in [2.24, 2.45) is 0 Å². The largest absolute Gasteiger partial charge is 0.334 e. The van der Waals surface area contributed by atoms with Crippen LogP contribution in [0.2, 0.25) is 0 Å². The van der Waals surface area contributed by atoms with Crippen molar-refractivity contribution >= 4 is 104 Å². The molecule has 0 bridgehead atoms. The van der Waals surface area contributed by atoms with Crippen LogP contribution in [0.15, 0.2) is 21.9 Å². The summed E-state index contributed by atoms with van der Waals surface area (Å²) in [4.78, 5) is 33.7. The summed E-state index contributed by atoms with van der Waals surface area (Å²) in [7, 11) is -5.22. The van der Waals surface area contributed by atoms with Gasteiger partial charge < -0.3 is 19.6 Å². The maximum Gasteiger partial charge on any atom is 0.334 e. The van der Waals surface area contributed by atoms with E-state index >= 15 is 0 Å². The minimum Gasteiger partial charge on any atom is -0.328 e. The van der Waals surface area contributed by atoms with Crippen molar-refractivity contribution in [3.63, 3.8) is 0 Å². The van der Waals surface area contributed by atoms with Crippen molar-refractivity contribution in [1.29, 1.82) is 0 Å². The zero-order valence-electron chi connectivity index (χ0n) is 44.9. The van der Waals surface area contributed by atoms with Gasteiger partial charge in [-0.1, -0.05) is 212 Å². The lowest BCUT2D eigenvalue weighted by molar-refractivity contribution is 0.324. The summed E-state index contributed by atoms with van der Waals surface area (Å²) in [6, 6.07) is 4.78. The summed E-state index contributed by atoms with van der Waals surface area (Å²) in [6.07, 6.45) is 59.5. The second kappa shape index (κ2) is 52.2. The molecule has 13 heteroatoms. The number of hydrogen-bond donors (Lipinski definition) is 10. The standard InChI is InChI=1S/C58H104S6.H4O5P2/c59-47-37-29-21-13-5-1-9-17-25-33-41-51-45-46-55(63)57-56(51)53(43-35-27-19-11-3-7-15-23-31-39-49-61)52(42-34-26-18-10-2-6-14-22-30-38-48-60)54(58(57)64)44-36-28-20-12-4-8-16-24-32-40-50-62;1-6(2)5-7(3)4/h45-46,59-64H,1-44,47-50H2;1-4H. The molecule has 2 aromatic rings. The first-order chi connectivity index (χ1) is 34.7. The van der Waals surface area contributed by atoms with Gasteiger partial charge in [-0.05, 0) is 134 Å². The third-order valence-electron chi connectivity index (χ3n) is 14.3. The molecule has 2 rings (SSSR count). The Labute approximate surface area is 473 Å². The second-order valence-electron chi connectivity index (χ2n) is 20.4. The first-order valence-corrected chi connectivity index (χ1v) is 35.0. The third-order valence-corrected chi connectivity index (χ3v) is 17.6. The number of rotatable bonds is 50. The van der Waals surface area contributed by atoms with Gasteiger partial charge in [-0.3, -0.25) is 0 Å². The normalized spacial score (nSPS) is 11.7. The quantitative estimate of drug-likeness (QED) is 0.0185. The van der Waals surface area contributed by atoms with E-state index < -0.39 is 17.2 Å². The van der Waals surface area contributed by atoms with Gasteiger partial charge in [-0.15, -0.1) is 25.3 Å². The summed E-state index contributed by atoms with van der Waals surface area (Å²) in [5, 5.41) is 2.94. The van der Waals surface area contributed by atoms with Crippen LogP contribution < -0.4 is 0 Å². The van der Waals surface area contributed by atoms with Crippen LogP contribution in [0.3, 0.4) is 0 Å². The van der Waals surface area contributed by atoms with Crippen LogP contribution in [0.1, 0.15) is 279 Å². The Morgan fingerprint density at radius 3 is 0.831 bits per heavy atom. The van der Waals surface area contributed by atoms with Gasteiger partial charge in [0, 0.05) is 15.2 Å². The van der Waals surface area contributed by atoms with Gasteiger partial charge in [-0.2, -0.15) is 50.5 Å². The molecule has 0 aliphatic heterocycles. The van der Waals surface area contributed by atoms with Gasteiger partial charge in [0.2, 0.25) is 0 Å². The molecule has 2 aromatic carbocycles. The molecule has 0 aliphatic rings. The summed E-state index contributed by atoms with van der Waals surface area (Å²) in [6.45, 7) is 0. The van der Waals surface area contributed by atoms with E-state index in [1.165, 1.54) is 293 Å². The molecule has 71 heavy (non-hydrogen) atoms. The molecule has 5 nitrogen and oxygen atoms in total. The minimum absolute atomic E-state index is 1.04. The van der Waals surface area contributed by atoms with Crippen LogP contribution in [0, 0.1) is 0 Å². The first kappa shape index (κ1) is 70.5. The van der Waals surface area contributed by atoms with Crippen LogP contribution >= 0.6 is 93.0 Å². The van der Waals surface area contributed by atoms with Gasteiger partial charge in [0.15, 0.2) is 0 Å². The summed E-state index contributed by atoms with van der Waals surface area (Å²) >= 11 is 28.3. The third kappa shape index (κ3) is 38.6. The van der Waals surface area contributed by atoms with Crippen LogP contribution in [0.5, 0.6) is 0 Å². The molecule has 0 atom stereocenters. The van der Waals surface area contributed by atoms with E-state index in [4.69, 9.17) is 44.8 Å². The second-order valence-corrected chi connectivity index (χ2v) is 24.8. The molecule has 0 unspecified atom stereocenters. The Hall–Kier alpha value is 1.46. The number of benzene rings is 2. The van der Waals surface area contributed by atoms with E-state index in [1.54, 1.807) is 27.6 Å². The number of aryl methyl sites for hydroxylation is 2. The number of fused-ring (bicyclic) bond motifs is 1. The average Bonchev–Trinajstić information content (AvgIpc) is 3.34. The highest BCUT2D eigenvalue weighted by molar-refractivity contribution is 7.81. The van der Waals surface area contributed by atoms with Gasteiger partial charge in [-0.25, -0.2) is 4.31 Å². The fourth-order valence-electron chi connectivity index (χ4n) is 10.3. The van der Waals surface area contributed by atoms with E-state index in [2.05, 4.69) is 67.0 Å². The van der Waals surface area contributed by atoms with Gasteiger partial charge in [0.05, 0.1) is 0 Å². The predicted octanol–water partition coefficient (Wildman–Crippen LogP) is 20.3. The Morgan fingerprint density at radius 2 is 0.549 bits per heavy atom. The topological polar surface area (TPSA) is 90.2 Å². The molecule has 0 fully saturated rings. The molecule has 0 radical (unpaired) electrons. The summed E-state index contributed by atoms with van der Waals surface area (Å²) in [5.41, 5.74) is 6.58. The van der Waals surface area contributed by atoms with Gasteiger partial charge in [0.1, 0.15) is 0 Å². The minimum atomic E-state index is -2.61. The maximum atomic E-state index is 7.82. The van der Waals surface area contributed by atoms with Crippen LogP contribution in [0.25, 0.3) is 10.8 Å². The maximum absolute atomic E-state index is 7.82. The van der Waals surface area contributed by atoms with Crippen molar-refractivity contribution in [3.05, 3.63) is 34.4 Å². The molecule has 0 saturated heterocycles. The van der Waals surface area contributed by atoms with Crippen LogP contribution in [0.4, 0.5) is 0 Å². The number of hydrogen-bond acceptors (Lipinski definition) is 11. The summed E-state index contributed by atoms with van der Waals surface area (Å²) in [5.74, 6) is 4.16. The Kier molecular flexibility index (Phi) is 51.8. The molecule has 0 aliphatic carbocycles. The number of thiol groups is 6. The fraction of sp³-hybridized carbons (Fsp3) is 0.828. The van der Waals surface area contributed by atoms with Crippen molar-refractivity contribution in [2.45, 2.75) is 292 Å². The van der Waals surface area contributed by atoms with Crippen molar-refractivity contribution in [1.82, 2.24) is 0 Å². The van der Waals surface area contributed by atoms with Gasteiger partial charge >= 0.3 is 17.2 Å². The van der Waals surface area contributed by atoms with E-state index in [0.717, 1.165) is 27.9 Å². The van der Waals surface area contributed by atoms with Crippen molar-refractivity contribution in [2.75, 3.05) is 23.0 Å². The molecule has 416 valence electrons. The van der Waals surface area contributed by atoms with E-state index in [1.807, 2.05) is 0 Å². The Bertz CT molecular complexity index is 1490. The van der Waals surface area contributed by atoms with Crippen LogP contribution in [-0.4, -0.2) is 42.6 Å². The smallest absolute Gasteiger partial charge is 0.328 e. The average molecular weight is 1140 g/mol. The van der Waals surface area contributed by atoms with Gasteiger partial charge in [0.25, 0.3) is 0 Å². The lowest BCUT2D eigenvalue weighted by Gasteiger charge is -2.24. The zero-order chi connectivity index (χ0) is 51.8. The first-order valence-electron chi connectivity index (χ1n) is 29.2.